The molecule has 0 saturated heterocycles. The van der Waals surface area contributed by atoms with Crippen LogP contribution in [-0.2, 0) is 11.3 Å². The Hall–Kier alpha value is -2.84. The SMILES string of the molecule is CCn1cc(NC(=O)C(C)n2ccc(N)n2)c(C(=O)O)n1. The highest BCUT2D eigenvalue weighted by molar-refractivity contribution is 6.00. The van der Waals surface area contributed by atoms with Crippen LogP contribution in [0.4, 0.5) is 11.5 Å². The van der Waals surface area contributed by atoms with Gasteiger partial charge in [0.15, 0.2) is 5.69 Å². The van der Waals surface area contributed by atoms with Crippen LogP contribution in [0, 0.1) is 0 Å². The minimum absolute atomic E-state index is 0.154. The van der Waals surface area contributed by atoms with E-state index < -0.39 is 17.9 Å². The van der Waals surface area contributed by atoms with E-state index in [0.29, 0.717) is 12.4 Å². The van der Waals surface area contributed by atoms with Gasteiger partial charge in [-0.15, -0.1) is 0 Å². The quantitative estimate of drug-likeness (QED) is 0.739. The van der Waals surface area contributed by atoms with Crippen molar-refractivity contribution in [2.75, 3.05) is 11.1 Å². The van der Waals surface area contributed by atoms with Crippen molar-refractivity contribution in [1.82, 2.24) is 19.6 Å². The van der Waals surface area contributed by atoms with E-state index in [2.05, 4.69) is 15.5 Å². The summed E-state index contributed by atoms with van der Waals surface area (Å²) >= 11 is 0. The third-order valence-corrected chi connectivity index (χ3v) is 2.95. The van der Waals surface area contributed by atoms with Gasteiger partial charge in [-0.2, -0.15) is 10.2 Å². The molecule has 2 rings (SSSR count). The van der Waals surface area contributed by atoms with E-state index in [0.717, 1.165) is 0 Å². The lowest BCUT2D eigenvalue weighted by atomic mass is 10.3. The Morgan fingerprint density at radius 1 is 1.48 bits per heavy atom. The average molecular weight is 292 g/mol. The van der Waals surface area contributed by atoms with Gasteiger partial charge in [-0.1, -0.05) is 0 Å². The highest BCUT2D eigenvalue weighted by Crippen LogP contribution is 2.16. The molecule has 0 radical (unpaired) electrons. The smallest absolute Gasteiger partial charge is 0.358 e. The van der Waals surface area contributed by atoms with Crippen molar-refractivity contribution in [3.05, 3.63) is 24.2 Å². The number of nitrogens with one attached hydrogen (secondary N) is 1. The Balaban J connectivity index is 2.19. The van der Waals surface area contributed by atoms with Crippen molar-refractivity contribution in [2.45, 2.75) is 26.4 Å². The van der Waals surface area contributed by atoms with Gasteiger partial charge in [0.05, 0.1) is 5.69 Å². The Morgan fingerprint density at radius 3 is 2.71 bits per heavy atom. The van der Waals surface area contributed by atoms with Crippen molar-refractivity contribution >= 4 is 23.4 Å². The number of amides is 1. The predicted molar refractivity (Wildman–Crippen MR) is 74.8 cm³/mol. The maximum Gasteiger partial charge on any atom is 0.358 e. The summed E-state index contributed by atoms with van der Waals surface area (Å²) in [5.74, 6) is -1.30. The van der Waals surface area contributed by atoms with Crippen molar-refractivity contribution < 1.29 is 14.7 Å². The molecule has 0 aliphatic rings. The number of aryl methyl sites for hydroxylation is 1. The van der Waals surface area contributed by atoms with Crippen LogP contribution in [0.3, 0.4) is 0 Å². The number of hydrogen-bond donors (Lipinski definition) is 3. The first kappa shape index (κ1) is 14.6. The predicted octanol–water partition coefficient (Wildman–Crippen LogP) is 0.580. The van der Waals surface area contributed by atoms with E-state index in [4.69, 9.17) is 10.8 Å². The van der Waals surface area contributed by atoms with Crippen molar-refractivity contribution in [1.29, 1.82) is 0 Å². The van der Waals surface area contributed by atoms with Crippen molar-refractivity contribution in [3.8, 4) is 0 Å². The Kier molecular flexibility index (Phi) is 3.92. The van der Waals surface area contributed by atoms with Crippen molar-refractivity contribution in [2.24, 2.45) is 0 Å². The molecule has 4 N–H and O–H groups in total. The molecular formula is C12H16N6O3. The largest absolute Gasteiger partial charge is 0.476 e. The van der Waals surface area contributed by atoms with E-state index >= 15 is 0 Å². The number of nitrogen functional groups attached to an aromatic ring is 1. The van der Waals surface area contributed by atoms with E-state index in [1.165, 1.54) is 15.6 Å². The zero-order valence-electron chi connectivity index (χ0n) is 11.6. The number of anilines is 2. The normalized spacial score (nSPS) is 12.1. The maximum absolute atomic E-state index is 12.2. The van der Waals surface area contributed by atoms with Crippen LogP contribution in [0.25, 0.3) is 0 Å². The molecule has 21 heavy (non-hydrogen) atoms. The number of nitrogens with two attached hydrogens (primary N) is 1. The van der Waals surface area contributed by atoms with Gasteiger partial charge in [0, 0.05) is 18.9 Å². The second-order valence-electron chi connectivity index (χ2n) is 4.44. The van der Waals surface area contributed by atoms with Gasteiger partial charge >= 0.3 is 5.97 Å². The van der Waals surface area contributed by atoms with E-state index in [1.54, 1.807) is 19.2 Å². The molecule has 9 heteroatoms. The highest BCUT2D eigenvalue weighted by Gasteiger charge is 2.21. The second kappa shape index (κ2) is 5.65. The number of carboxylic acid groups (broad SMARTS) is 1. The summed E-state index contributed by atoms with van der Waals surface area (Å²) in [7, 11) is 0. The van der Waals surface area contributed by atoms with Gasteiger partial charge in [0.25, 0.3) is 0 Å². The number of aromatic carboxylic acids is 1. The molecule has 2 aromatic rings. The lowest BCUT2D eigenvalue weighted by Crippen LogP contribution is -2.24. The minimum Gasteiger partial charge on any atom is -0.476 e. The maximum atomic E-state index is 12.2. The van der Waals surface area contributed by atoms with Gasteiger partial charge in [-0.05, 0) is 19.9 Å². The van der Waals surface area contributed by atoms with Gasteiger partial charge in [-0.25, -0.2) is 4.79 Å². The van der Waals surface area contributed by atoms with Crippen LogP contribution in [0.2, 0.25) is 0 Å². The summed E-state index contributed by atoms with van der Waals surface area (Å²) < 4.78 is 2.84. The molecule has 0 aliphatic carbocycles. The molecule has 0 bridgehead atoms. The summed E-state index contributed by atoms with van der Waals surface area (Å²) in [5, 5.41) is 19.5. The lowest BCUT2D eigenvalue weighted by Gasteiger charge is -2.11. The summed E-state index contributed by atoms with van der Waals surface area (Å²) in [6.07, 6.45) is 3.05. The van der Waals surface area contributed by atoms with E-state index in [1.807, 2.05) is 6.92 Å². The summed E-state index contributed by atoms with van der Waals surface area (Å²) in [4.78, 5) is 23.3. The molecule has 1 unspecified atom stereocenters. The monoisotopic (exact) mass is 292 g/mol. The molecular weight excluding hydrogens is 276 g/mol. The number of aromatic nitrogens is 4. The highest BCUT2D eigenvalue weighted by atomic mass is 16.4. The average Bonchev–Trinajstić information content (AvgIpc) is 3.04. The summed E-state index contributed by atoms with van der Waals surface area (Å²) in [6.45, 7) is 3.95. The molecule has 0 spiro atoms. The Bertz CT molecular complexity index is 674. The van der Waals surface area contributed by atoms with Crippen LogP contribution in [0.5, 0.6) is 0 Å². The number of carbonyl (C=O) groups is 2. The molecule has 1 atom stereocenters. The first-order valence-corrected chi connectivity index (χ1v) is 6.34. The number of nitrogens with zero attached hydrogens (tertiary/aromatic N) is 4. The summed E-state index contributed by atoms with van der Waals surface area (Å²) in [6, 6.07) is 0.940. The number of carbonyl (C=O) groups excluding carboxylic acids is 1. The van der Waals surface area contributed by atoms with Crippen LogP contribution in [0.15, 0.2) is 18.5 Å². The van der Waals surface area contributed by atoms with Gasteiger partial charge in [0.2, 0.25) is 5.91 Å². The molecule has 112 valence electrons. The zero-order chi connectivity index (χ0) is 15.6. The molecule has 0 saturated carbocycles. The third-order valence-electron chi connectivity index (χ3n) is 2.95. The molecule has 9 nitrogen and oxygen atoms in total. The fourth-order valence-corrected chi connectivity index (χ4v) is 1.76. The fourth-order valence-electron chi connectivity index (χ4n) is 1.76. The molecule has 0 aromatic carbocycles. The molecule has 1 amide bonds. The van der Waals surface area contributed by atoms with Crippen molar-refractivity contribution in [3.63, 3.8) is 0 Å². The third kappa shape index (κ3) is 3.02. The number of carboxylic acids is 1. The van der Waals surface area contributed by atoms with Crippen LogP contribution < -0.4 is 11.1 Å². The number of hydrogen-bond acceptors (Lipinski definition) is 5. The van der Waals surface area contributed by atoms with Crippen LogP contribution in [-0.4, -0.2) is 36.5 Å². The fraction of sp³-hybridized carbons (Fsp3) is 0.333. The summed E-state index contributed by atoms with van der Waals surface area (Å²) in [5.41, 5.74) is 5.46. The molecule has 0 aliphatic heterocycles. The Morgan fingerprint density at radius 2 is 2.19 bits per heavy atom. The second-order valence-corrected chi connectivity index (χ2v) is 4.44. The topological polar surface area (TPSA) is 128 Å². The standard InChI is InChI=1S/C12H16N6O3/c1-3-17-6-8(10(16-17)12(20)21)14-11(19)7(2)18-5-4-9(13)15-18/h4-7H,3H2,1-2H3,(H2,13,15)(H,14,19)(H,20,21). The first-order chi connectivity index (χ1) is 9.92. The lowest BCUT2D eigenvalue weighted by molar-refractivity contribution is -0.119. The van der Waals surface area contributed by atoms with Gasteiger partial charge < -0.3 is 16.2 Å². The first-order valence-electron chi connectivity index (χ1n) is 6.34. The molecule has 2 aromatic heterocycles. The zero-order valence-corrected chi connectivity index (χ0v) is 11.6. The van der Waals surface area contributed by atoms with Gasteiger partial charge in [0.1, 0.15) is 11.9 Å². The van der Waals surface area contributed by atoms with Crippen LogP contribution >= 0.6 is 0 Å². The van der Waals surface area contributed by atoms with Gasteiger partial charge in [-0.3, -0.25) is 14.2 Å². The molecule has 0 fully saturated rings. The Labute approximate surface area is 120 Å². The van der Waals surface area contributed by atoms with Crippen LogP contribution in [0.1, 0.15) is 30.4 Å². The number of rotatable bonds is 5. The minimum atomic E-state index is -1.20. The molecule has 2 heterocycles. The van der Waals surface area contributed by atoms with E-state index in [-0.39, 0.29) is 11.4 Å². The van der Waals surface area contributed by atoms with E-state index in [9.17, 15) is 9.59 Å².